The van der Waals surface area contributed by atoms with Crippen LogP contribution in [0.4, 0.5) is 34.1 Å². The highest BCUT2D eigenvalue weighted by atomic mass is 15.2. The standard InChI is InChI=1S/C93H94BN5/c1-88(2,3)70-45-65(61-35-27-21-28-36-61)43-67(47-70)85-95-86(68-44-66(62-37-29-22-30-38-62)46-71(48-68)89(4,5)6)97-87(96-85)69-51-82-84-83(52-69)99(77-57-74(92(13,14)15)54-75(58-77)93(16,17)18)81-42-40-64(60-33-25-20-26-34-60)50-79(81)94(84)78-49-63(59-31-23-19-24-32-59)39-41-80(78)98(82)76-55-72(90(7,8)9)53-73(56-76)91(10,11)12/h19-58H,1-18H3. The Bertz CT molecular complexity index is 4690. The highest BCUT2D eigenvalue weighted by Gasteiger charge is 2.45. The molecule has 0 N–H and O–H groups in total. The van der Waals surface area contributed by atoms with Gasteiger partial charge in [0.05, 0.1) is 0 Å². The molecule has 0 radical (unpaired) electrons. The first-order valence-corrected chi connectivity index (χ1v) is 35.5. The van der Waals surface area contributed by atoms with Gasteiger partial charge in [-0.2, -0.15) is 0 Å². The van der Waals surface area contributed by atoms with Gasteiger partial charge in [0.1, 0.15) is 0 Å². The van der Waals surface area contributed by atoms with Crippen molar-refractivity contribution in [2.45, 2.75) is 157 Å². The molecule has 12 aromatic rings. The van der Waals surface area contributed by atoms with Gasteiger partial charge in [-0.05, 0) is 200 Å². The second-order valence-electron chi connectivity index (χ2n) is 34.0. The minimum Gasteiger partial charge on any atom is -0.311 e. The topological polar surface area (TPSA) is 45.2 Å². The van der Waals surface area contributed by atoms with Crippen molar-refractivity contribution in [1.29, 1.82) is 0 Å². The first-order valence-electron chi connectivity index (χ1n) is 35.5. The Hall–Kier alpha value is -9.91. The van der Waals surface area contributed by atoms with Crippen LogP contribution < -0.4 is 26.2 Å². The van der Waals surface area contributed by atoms with Crippen LogP contribution in [0.5, 0.6) is 0 Å². The summed E-state index contributed by atoms with van der Waals surface area (Å²) in [5, 5.41) is 0. The van der Waals surface area contributed by atoms with Crippen molar-refractivity contribution < 1.29 is 0 Å². The molecule has 0 spiro atoms. The van der Waals surface area contributed by atoms with Crippen LogP contribution in [0.3, 0.4) is 0 Å². The van der Waals surface area contributed by atoms with Crippen LogP contribution in [-0.2, 0) is 32.5 Å². The summed E-state index contributed by atoms with van der Waals surface area (Å²) in [4.78, 5) is 22.7. The molecular weight excluding hydrogens is 1200 g/mol. The zero-order valence-electron chi connectivity index (χ0n) is 61.4. The van der Waals surface area contributed by atoms with Crippen LogP contribution in [0, 0.1) is 0 Å². The predicted octanol–water partition coefficient (Wildman–Crippen LogP) is 23.4. The molecule has 0 aliphatic carbocycles. The molecule has 0 atom stereocenters. The fraction of sp³-hybridized carbons (Fsp3) is 0.258. The monoisotopic (exact) mass is 1290 g/mol. The Kier molecular flexibility index (Phi) is 16.4. The third-order valence-corrected chi connectivity index (χ3v) is 20.3. The molecule has 99 heavy (non-hydrogen) atoms. The average Bonchev–Trinajstić information content (AvgIpc) is 0.692. The van der Waals surface area contributed by atoms with E-state index in [0.717, 1.165) is 73.1 Å². The molecule has 11 aromatic carbocycles. The number of fused-ring (bicyclic) bond motifs is 4. The molecule has 494 valence electrons. The summed E-state index contributed by atoms with van der Waals surface area (Å²) in [6, 6.07) is 91.3. The molecule has 0 saturated carbocycles. The average molecular weight is 1290 g/mol. The van der Waals surface area contributed by atoms with Crippen LogP contribution in [0.15, 0.2) is 243 Å². The molecule has 2 aliphatic heterocycles. The number of anilines is 6. The second-order valence-corrected chi connectivity index (χ2v) is 34.0. The maximum absolute atomic E-state index is 5.87. The van der Waals surface area contributed by atoms with E-state index >= 15 is 0 Å². The molecule has 0 saturated heterocycles. The van der Waals surface area contributed by atoms with Crippen LogP contribution in [0.25, 0.3) is 78.7 Å². The van der Waals surface area contributed by atoms with Crippen molar-refractivity contribution in [3.8, 4) is 78.7 Å². The van der Waals surface area contributed by atoms with Gasteiger partial charge in [-0.1, -0.05) is 294 Å². The van der Waals surface area contributed by atoms with E-state index in [0.29, 0.717) is 17.5 Å². The van der Waals surface area contributed by atoms with Gasteiger partial charge in [0.15, 0.2) is 17.5 Å². The van der Waals surface area contributed by atoms with Gasteiger partial charge >= 0.3 is 0 Å². The summed E-state index contributed by atoms with van der Waals surface area (Å²) in [5.41, 5.74) is 28.7. The van der Waals surface area contributed by atoms with Gasteiger partial charge in [0.2, 0.25) is 0 Å². The molecule has 1 aromatic heterocycles. The fourth-order valence-electron chi connectivity index (χ4n) is 14.3. The molecule has 0 unspecified atom stereocenters. The predicted molar refractivity (Wildman–Crippen MR) is 424 cm³/mol. The Balaban J connectivity index is 1.16. The van der Waals surface area contributed by atoms with Crippen LogP contribution >= 0.6 is 0 Å². The highest BCUT2D eigenvalue weighted by Crippen LogP contribution is 2.50. The van der Waals surface area contributed by atoms with Crippen molar-refractivity contribution in [3.63, 3.8) is 0 Å². The van der Waals surface area contributed by atoms with E-state index in [-0.39, 0.29) is 39.2 Å². The van der Waals surface area contributed by atoms with Crippen molar-refractivity contribution >= 4 is 57.2 Å². The maximum atomic E-state index is 5.87. The number of hydrogen-bond acceptors (Lipinski definition) is 5. The minimum absolute atomic E-state index is 0.172. The summed E-state index contributed by atoms with van der Waals surface area (Å²) >= 11 is 0. The lowest BCUT2D eigenvalue weighted by molar-refractivity contribution is 0.568. The smallest absolute Gasteiger partial charge is 0.252 e. The first-order chi connectivity index (χ1) is 46.8. The molecular formula is C93H94BN5. The maximum Gasteiger partial charge on any atom is 0.252 e. The number of benzene rings is 11. The van der Waals surface area contributed by atoms with Gasteiger partial charge in [-0.15, -0.1) is 0 Å². The fourth-order valence-corrected chi connectivity index (χ4v) is 14.3. The van der Waals surface area contributed by atoms with Gasteiger partial charge < -0.3 is 9.80 Å². The number of aromatic nitrogens is 3. The van der Waals surface area contributed by atoms with E-state index in [1.165, 1.54) is 72.0 Å². The van der Waals surface area contributed by atoms with Gasteiger partial charge in [0.25, 0.3) is 6.71 Å². The summed E-state index contributed by atoms with van der Waals surface area (Å²) in [5.74, 6) is 1.80. The third-order valence-electron chi connectivity index (χ3n) is 20.3. The molecule has 6 heteroatoms. The summed E-state index contributed by atoms with van der Waals surface area (Å²) in [6.45, 7) is 41.7. The van der Waals surface area contributed by atoms with E-state index < -0.39 is 0 Å². The summed E-state index contributed by atoms with van der Waals surface area (Å²) in [7, 11) is 0. The Morgan fingerprint density at radius 1 is 0.222 bits per heavy atom. The number of hydrogen-bond donors (Lipinski definition) is 0. The van der Waals surface area contributed by atoms with Crippen molar-refractivity contribution in [3.05, 3.63) is 276 Å². The van der Waals surface area contributed by atoms with E-state index in [4.69, 9.17) is 15.0 Å². The van der Waals surface area contributed by atoms with E-state index in [2.05, 4.69) is 377 Å². The Morgan fingerprint density at radius 3 is 0.778 bits per heavy atom. The largest absolute Gasteiger partial charge is 0.311 e. The molecule has 3 heterocycles. The molecule has 14 rings (SSSR count). The van der Waals surface area contributed by atoms with Crippen LogP contribution in [0.2, 0.25) is 0 Å². The van der Waals surface area contributed by atoms with Crippen LogP contribution in [-0.4, -0.2) is 21.7 Å². The van der Waals surface area contributed by atoms with Gasteiger partial charge in [-0.3, -0.25) is 0 Å². The highest BCUT2D eigenvalue weighted by molar-refractivity contribution is 7.00. The zero-order chi connectivity index (χ0) is 69.9. The van der Waals surface area contributed by atoms with E-state index in [1.54, 1.807) is 0 Å². The lowest BCUT2D eigenvalue weighted by Gasteiger charge is -2.45. The third kappa shape index (κ3) is 13.0. The number of rotatable bonds is 9. The van der Waals surface area contributed by atoms with Crippen molar-refractivity contribution in [2.75, 3.05) is 9.80 Å². The summed E-state index contributed by atoms with van der Waals surface area (Å²) < 4.78 is 0. The Morgan fingerprint density at radius 2 is 0.485 bits per heavy atom. The molecule has 0 fully saturated rings. The molecule has 0 amide bonds. The summed E-state index contributed by atoms with van der Waals surface area (Å²) in [6.07, 6.45) is 0. The van der Waals surface area contributed by atoms with E-state index in [9.17, 15) is 0 Å². The van der Waals surface area contributed by atoms with Crippen molar-refractivity contribution in [2.24, 2.45) is 0 Å². The van der Waals surface area contributed by atoms with Gasteiger partial charge in [0, 0.05) is 50.8 Å². The minimum atomic E-state index is -0.216. The van der Waals surface area contributed by atoms with Gasteiger partial charge in [-0.25, -0.2) is 15.0 Å². The first kappa shape index (κ1) is 66.3. The number of nitrogens with zero attached hydrogens (tertiary/aromatic N) is 5. The molecule has 5 nitrogen and oxygen atoms in total. The second kappa shape index (κ2) is 24.5. The lowest BCUT2D eigenvalue weighted by atomic mass is 9.33. The SMILES string of the molecule is CC(C)(C)c1cc(-c2ccccc2)cc(-c2nc(-c3cc(-c4ccccc4)cc(C(C)(C)C)c3)nc(-c3cc4c5c(c3)N(c3cc(C(C)(C)C)cc(C(C)(C)C)c3)c3ccc(-c6ccccc6)cc3B5c3cc(-c5ccccc5)ccc3N4c3cc(C(C)(C)C)cc(C(C)(C)C)c3)n2)c1. The van der Waals surface area contributed by atoms with Crippen LogP contribution in [0.1, 0.15) is 158 Å². The van der Waals surface area contributed by atoms with E-state index in [1.807, 2.05) is 0 Å². The normalized spacial score (nSPS) is 13.3. The quantitative estimate of drug-likeness (QED) is 0.135. The lowest BCUT2D eigenvalue weighted by Crippen LogP contribution is -2.61. The molecule has 0 bridgehead atoms. The molecule has 2 aliphatic rings. The zero-order valence-corrected chi connectivity index (χ0v) is 61.4. The van der Waals surface area contributed by atoms with Crippen molar-refractivity contribution in [1.82, 2.24) is 15.0 Å². The Labute approximate surface area is 590 Å².